The van der Waals surface area contributed by atoms with E-state index in [1.165, 1.54) is 4.68 Å². The first kappa shape index (κ1) is 20.2. The van der Waals surface area contributed by atoms with Gasteiger partial charge in [-0.05, 0) is 30.2 Å². The van der Waals surface area contributed by atoms with Gasteiger partial charge in [0.2, 0.25) is 0 Å². The van der Waals surface area contributed by atoms with Gasteiger partial charge in [0.15, 0.2) is 5.69 Å². The highest BCUT2D eigenvalue weighted by Crippen LogP contribution is 2.13. The molecule has 2 N–H and O–H groups in total. The van der Waals surface area contributed by atoms with E-state index in [0.29, 0.717) is 35.9 Å². The molecule has 0 aliphatic rings. The first-order valence-electron chi connectivity index (χ1n) is 9.23. The molecule has 1 aromatic heterocycles. The second-order valence-electron chi connectivity index (χ2n) is 6.46. The van der Waals surface area contributed by atoms with E-state index >= 15 is 0 Å². The number of ether oxygens (including phenoxy) is 1. The second-order valence-corrected chi connectivity index (χ2v) is 6.46. The molecular weight excluding hydrogens is 372 g/mol. The highest BCUT2D eigenvalue weighted by molar-refractivity contribution is 6.06. The summed E-state index contributed by atoms with van der Waals surface area (Å²) in [5, 5.41) is 5.04. The van der Waals surface area contributed by atoms with Gasteiger partial charge in [0, 0.05) is 24.6 Å². The third-order valence-corrected chi connectivity index (χ3v) is 4.31. The molecule has 3 rings (SSSR count). The minimum Gasteiger partial charge on any atom is -0.380 e. The Kier molecular flexibility index (Phi) is 6.36. The van der Waals surface area contributed by atoms with Gasteiger partial charge < -0.3 is 4.74 Å². The summed E-state index contributed by atoms with van der Waals surface area (Å²) < 4.78 is 6.33. The maximum absolute atomic E-state index is 12.7. The van der Waals surface area contributed by atoms with Crippen molar-refractivity contribution in [3.05, 3.63) is 75.7 Å². The Morgan fingerprint density at radius 3 is 2.48 bits per heavy atom. The van der Waals surface area contributed by atoms with Gasteiger partial charge in [0.1, 0.15) is 0 Å². The van der Waals surface area contributed by atoms with Crippen molar-refractivity contribution in [2.45, 2.75) is 26.5 Å². The van der Waals surface area contributed by atoms with Crippen molar-refractivity contribution in [1.29, 1.82) is 0 Å². The van der Waals surface area contributed by atoms with Gasteiger partial charge in [-0.3, -0.25) is 25.2 Å². The van der Waals surface area contributed by atoms with Crippen LogP contribution in [-0.2, 0) is 17.9 Å². The summed E-state index contributed by atoms with van der Waals surface area (Å²) in [6, 6.07) is 13.7. The molecule has 0 atom stereocenters. The molecule has 8 nitrogen and oxygen atoms in total. The molecule has 8 heteroatoms. The monoisotopic (exact) mass is 394 g/mol. The molecule has 0 aliphatic heterocycles. The van der Waals surface area contributed by atoms with Gasteiger partial charge in [-0.2, -0.15) is 5.10 Å². The van der Waals surface area contributed by atoms with Gasteiger partial charge in [0.05, 0.1) is 12.0 Å². The van der Waals surface area contributed by atoms with Crippen LogP contribution in [0.5, 0.6) is 0 Å². The number of hydrazine groups is 1. The lowest BCUT2D eigenvalue weighted by molar-refractivity contribution is 0.0843. The molecule has 0 unspecified atom stereocenters. The molecule has 2 aromatic carbocycles. The van der Waals surface area contributed by atoms with E-state index in [-0.39, 0.29) is 11.3 Å². The van der Waals surface area contributed by atoms with Crippen molar-refractivity contribution in [3.63, 3.8) is 0 Å². The lowest BCUT2D eigenvalue weighted by Gasteiger charge is -2.11. The summed E-state index contributed by atoms with van der Waals surface area (Å²) in [4.78, 5) is 37.6. The number of methoxy groups -OCH3 is 1. The normalized spacial score (nSPS) is 10.7. The maximum atomic E-state index is 12.7. The van der Waals surface area contributed by atoms with E-state index < -0.39 is 11.8 Å². The van der Waals surface area contributed by atoms with Gasteiger partial charge in [0.25, 0.3) is 17.4 Å². The standard InChI is InChI=1S/C21H22N4O4/c1-3-11-25-21(28)17-10-5-4-9-16(17)18(24-25)20(27)23-22-19(26)15-8-6-7-14(12-15)13-29-2/h4-10,12H,3,11,13H2,1-2H3,(H,22,26)(H,23,27). The van der Waals surface area contributed by atoms with Crippen LogP contribution in [0.15, 0.2) is 53.3 Å². The van der Waals surface area contributed by atoms with E-state index in [1.54, 1.807) is 49.6 Å². The molecule has 0 fully saturated rings. The van der Waals surface area contributed by atoms with Crippen LogP contribution in [-0.4, -0.2) is 28.7 Å². The third-order valence-electron chi connectivity index (χ3n) is 4.31. The van der Waals surface area contributed by atoms with Crippen LogP contribution in [0.25, 0.3) is 10.8 Å². The number of amides is 2. The van der Waals surface area contributed by atoms with E-state index in [4.69, 9.17) is 4.74 Å². The van der Waals surface area contributed by atoms with Gasteiger partial charge >= 0.3 is 0 Å². The molecule has 150 valence electrons. The Labute approximate surface area is 167 Å². The molecular formula is C21H22N4O4. The van der Waals surface area contributed by atoms with E-state index in [1.807, 2.05) is 13.0 Å². The number of benzene rings is 2. The first-order valence-corrected chi connectivity index (χ1v) is 9.23. The lowest BCUT2D eigenvalue weighted by atomic mass is 10.1. The fourth-order valence-electron chi connectivity index (χ4n) is 2.98. The fourth-order valence-corrected chi connectivity index (χ4v) is 2.98. The summed E-state index contributed by atoms with van der Waals surface area (Å²) in [6.45, 7) is 2.69. The molecule has 29 heavy (non-hydrogen) atoms. The predicted octanol–water partition coefficient (Wildman–Crippen LogP) is 2.03. The molecule has 0 saturated heterocycles. The number of carbonyl (C=O) groups excluding carboxylic acids is 2. The zero-order chi connectivity index (χ0) is 20.8. The third kappa shape index (κ3) is 4.49. The van der Waals surface area contributed by atoms with Gasteiger partial charge in [-0.15, -0.1) is 0 Å². The molecule has 0 spiro atoms. The topological polar surface area (TPSA) is 102 Å². The van der Waals surface area contributed by atoms with E-state index in [2.05, 4.69) is 16.0 Å². The molecule has 0 bridgehead atoms. The number of rotatable bonds is 6. The SMILES string of the molecule is CCCn1nc(C(=O)NNC(=O)c2cccc(COC)c2)c2ccccc2c1=O. The highest BCUT2D eigenvalue weighted by Gasteiger charge is 2.17. The maximum Gasteiger partial charge on any atom is 0.290 e. The minimum atomic E-state index is -0.604. The number of nitrogens with zero attached hydrogens (tertiary/aromatic N) is 2. The number of fused-ring (bicyclic) bond motifs is 1. The molecule has 3 aromatic rings. The Balaban J connectivity index is 1.83. The van der Waals surface area contributed by atoms with Crippen LogP contribution in [0.2, 0.25) is 0 Å². The molecule has 0 saturated carbocycles. The second kappa shape index (κ2) is 9.11. The van der Waals surface area contributed by atoms with Crippen LogP contribution in [0.4, 0.5) is 0 Å². The van der Waals surface area contributed by atoms with Crippen molar-refractivity contribution in [2.75, 3.05) is 7.11 Å². The van der Waals surface area contributed by atoms with Crippen molar-refractivity contribution in [2.24, 2.45) is 0 Å². The quantitative estimate of drug-likeness (QED) is 0.623. The highest BCUT2D eigenvalue weighted by atomic mass is 16.5. The largest absolute Gasteiger partial charge is 0.380 e. The Bertz CT molecular complexity index is 1110. The average Bonchev–Trinajstić information content (AvgIpc) is 2.74. The van der Waals surface area contributed by atoms with Crippen LogP contribution >= 0.6 is 0 Å². The number of aromatic nitrogens is 2. The predicted molar refractivity (Wildman–Crippen MR) is 108 cm³/mol. The van der Waals surface area contributed by atoms with Crippen LogP contribution in [0.1, 0.15) is 39.8 Å². The van der Waals surface area contributed by atoms with Gasteiger partial charge in [-0.25, -0.2) is 4.68 Å². The number of carbonyl (C=O) groups is 2. The van der Waals surface area contributed by atoms with Crippen LogP contribution < -0.4 is 16.4 Å². The summed E-state index contributed by atoms with van der Waals surface area (Å²) in [6.07, 6.45) is 0.695. The smallest absolute Gasteiger partial charge is 0.290 e. The van der Waals surface area contributed by atoms with Crippen molar-refractivity contribution >= 4 is 22.6 Å². The molecule has 1 heterocycles. The zero-order valence-electron chi connectivity index (χ0n) is 16.3. The van der Waals surface area contributed by atoms with Crippen LogP contribution in [0.3, 0.4) is 0 Å². The fraction of sp³-hybridized carbons (Fsp3) is 0.238. The van der Waals surface area contributed by atoms with Crippen LogP contribution in [0, 0.1) is 0 Å². The average molecular weight is 394 g/mol. The summed E-state index contributed by atoms with van der Waals surface area (Å²) in [5.74, 6) is -1.07. The molecule has 0 radical (unpaired) electrons. The number of hydrogen-bond donors (Lipinski definition) is 2. The summed E-state index contributed by atoms with van der Waals surface area (Å²) in [7, 11) is 1.57. The number of hydrogen-bond acceptors (Lipinski definition) is 5. The Morgan fingerprint density at radius 2 is 1.76 bits per heavy atom. The molecule has 0 aliphatic carbocycles. The zero-order valence-corrected chi connectivity index (χ0v) is 16.3. The van der Waals surface area contributed by atoms with Crippen molar-refractivity contribution in [1.82, 2.24) is 20.6 Å². The van der Waals surface area contributed by atoms with Gasteiger partial charge in [-0.1, -0.05) is 37.3 Å². The molecule has 2 amide bonds. The summed E-state index contributed by atoms with van der Waals surface area (Å²) in [5.41, 5.74) is 5.81. The summed E-state index contributed by atoms with van der Waals surface area (Å²) >= 11 is 0. The minimum absolute atomic E-state index is 0.0714. The lowest BCUT2D eigenvalue weighted by Crippen LogP contribution is -2.42. The number of aryl methyl sites for hydroxylation is 1. The van der Waals surface area contributed by atoms with E-state index in [0.717, 1.165) is 5.56 Å². The first-order chi connectivity index (χ1) is 14.0. The number of nitrogens with one attached hydrogen (secondary N) is 2. The van der Waals surface area contributed by atoms with Crippen molar-refractivity contribution < 1.29 is 14.3 Å². The van der Waals surface area contributed by atoms with Crippen molar-refractivity contribution in [3.8, 4) is 0 Å². The Morgan fingerprint density at radius 1 is 1.03 bits per heavy atom. The van der Waals surface area contributed by atoms with E-state index in [9.17, 15) is 14.4 Å². The Hall–Kier alpha value is -3.52.